The highest BCUT2D eigenvalue weighted by molar-refractivity contribution is 5.82. The molecule has 3 rings (SSSR count). The number of aliphatic hydroxyl groups is 1. The molecule has 0 saturated heterocycles. The van der Waals surface area contributed by atoms with Crippen molar-refractivity contribution in [2.75, 3.05) is 0 Å². The second kappa shape index (κ2) is 4.76. The van der Waals surface area contributed by atoms with Gasteiger partial charge in [0.25, 0.3) is 0 Å². The van der Waals surface area contributed by atoms with Gasteiger partial charge < -0.3 is 9.51 Å². The summed E-state index contributed by atoms with van der Waals surface area (Å²) in [5.41, 5.74) is 7.85. The van der Waals surface area contributed by atoms with Gasteiger partial charge in [0.15, 0.2) is 0 Å². The van der Waals surface area contributed by atoms with Gasteiger partial charge in [0, 0.05) is 24.2 Å². The molecule has 3 aromatic rings. The number of rotatable bonds is 2. The number of pyridine rings is 1. The molecular formula is C17H18N2O. The summed E-state index contributed by atoms with van der Waals surface area (Å²) in [5.74, 6) is 0. The van der Waals surface area contributed by atoms with Gasteiger partial charge in [0.2, 0.25) is 0 Å². The average molecular weight is 266 g/mol. The molecule has 0 aliphatic rings. The minimum Gasteiger partial charge on any atom is -0.392 e. The van der Waals surface area contributed by atoms with Crippen LogP contribution in [0.3, 0.4) is 0 Å². The van der Waals surface area contributed by atoms with Crippen molar-refractivity contribution in [1.82, 2.24) is 9.38 Å². The van der Waals surface area contributed by atoms with Crippen molar-refractivity contribution in [2.24, 2.45) is 0 Å². The first-order chi connectivity index (χ1) is 9.60. The van der Waals surface area contributed by atoms with Crippen LogP contribution in [-0.4, -0.2) is 14.5 Å². The maximum atomic E-state index is 9.45. The van der Waals surface area contributed by atoms with E-state index in [1.807, 2.05) is 22.9 Å². The van der Waals surface area contributed by atoms with Crippen molar-refractivity contribution < 1.29 is 5.11 Å². The molecule has 2 heterocycles. The van der Waals surface area contributed by atoms with Crippen LogP contribution in [0.1, 0.15) is 22.3 Å². The van der Waals surface area contributed by atoms with Crippen molar-refractivity contribution in [3.63, 3.8) is 0 Å². The third kappa shape index (κ3) is 2.00. The molecule has 0 bridgehead atoms. The Balaban J connectivity index is 2.37. The van der Waals surface area contributed by atoms with Gasteiger partial charge in [0.1, 0.15) is 5.65 Å². The van der Waals surface area contributed by atoms with Gasteiger partial charge in [-0.15, -0.1) is 0 Å². The van der Waals surface area contributed by atoms with Crippen molar-refractivity contribution in [3.05, 3.63) is 59.0 Å². The molecule has 3 nitrogen and oxygen atoms in total. The number of benzene rings is 1. The zero-order valence-electron chi connectivity index (χ0n) is 12.0. The topological polar surface area (TPSA) is 37.5 Å². The molecule has 0 aliphatic carbocycles. The van der Waals surface area contributed by atoms with E-state index in [4.69, 9.17) is 0 Å². The molecule has 2 aromatic heterocycles. The summed E-state index contributed by atoms with van der Waals surface area (Å²) in [6.07, 6.45) is 5.63. The van der Waals surface area contributed by atoms with E-state index in [9.17, 15) is 5.11 Å². The fourth-order valence-electron chi connectivity index (χ4n) is 2.97. The SMILES string of the molecule is Cc1cc(C)c(-c2cc(CO)cn3ccnc23)c(C)c1. The number of aromatic nitrogens is 2. The highest BCUT2D eigenvalue weighted by Crippen LogP contribution is 2.31. The summed E-state index contributed by atoms with van der Waals surface area (Å²) in [6, 6.07) is 6.41. The van der Waals surface area contributed by atoms with Crippen molar-refractivity contribution in [3.8, 4) is 11.1 Å². The van der Waals surface area contributed by atoms with Gasteiger partial charge in [-0.2, -0.15) is 0 Å². The average Bonchev–Trinajstić information content (AvgIpc) is 2.85. The van der Waals surface area contributed by atoms with Gasteiger partial charge in [0.05, 0.1) is 6.61 Å². The summed E-state index contributed by atoms with van der Waals surface area (Å²) in [7, 11) is 0. The van der Waals surface area contributed by atoms with E-state index in [1.165, 1.54) is 22.3 Å². The Morgan fingerprint density at radius 2 is 1.80 bits per heavy atom. The van der Waals surface area contributed by atoms with Gasteiger partial charge in [-0.3, -0.25) is 0 Å². The number of imidazole rings is 1. The zero-order chi connectivity index (χ0) is 14.3. The van der Waals surface area contributed by atoms with Crippen LogP contribution < -0.4 is 0 Å². The number of aliphatic hydroxyl groups excluding tert-OH is 1. The monoisotopic (exact) mass is 266 g/mol. The Labute approximate surface area is 118 Å². The summed E-state index contributed by atoms with van der Waals surface area (Å²) >= 11 is 0. The van der Waals surface area contributed by atoms with E-state index in [0.717, 1.165) is 16.8 Å². The first-order valence-electron chi connectivity index (χ1n) is 6.75. The summed E-state index contributed by atoms with van der Waals surface area (Å²) in [6.45, 7) is 6.39. The first kappa shape index (κ1) is 12.9. The minimum atomic E-state index is 0.0328. The Morgan fingerprint density at radius 1 is 1.10 bits per heavy atom. The second-order valence-electron chi connectivity index (χ2n) is 5.35. The molecule has 0 saturated carbocycles. The van der Waals surface area contributed by atoms with E-state index in [2.05, 4.69) is 37.9 Å². The molecule has 20 heavy (non-hydrogen) atoms. The number of fused-ring (bicyclic) bond motifs is 1. The predicted molar refractivity (Wildman–Crippen MR) is 80.8 cm³/mol. The molecule has 0 spiro atoms. The minimum absolute atomic E-state index is 0.0328. The van der Waals surface area contributed by atoms with Gasteiger partial charge in [-0.05, 0) is 49.1 Å². The largest absolute Gasteiger partial charge is 0.392 e. The Kier molecular flexibility index (Phi) is 3.07. The molecule has 102 valence electrons. The van der Waals surface area contributed by atoms with Crippen molar-refractivity contribution in [1.29, 1.82) is 0 Å². The van der Waals surface area contributed by atoms with Crippen LogP contribution in [0.5, 0.6) is 0 Å². The number of nitrogens with zero attached hydrogens (tertiary/aromatic N) is 2. The zero-order valence-corrected chi connectivity index (χ0v) is 12.0. The Morgan fingerprint density at radius 3 is 2.45 bits per heavy atom. The third-order valence-electron chi connectivity index (χ3n) is 3.67. The lowest BCUT2D eigenvalue weighted by Gasteiger charge is -2.14. The fourth-order valence-corrected chi connectivity index (χ4v) is 2.97. The van der Waals surface area contributed by atoms with Crippen molar-refractivity contribution >= 4 is 5.65 Å². The lowest BCUT2D eigenvalue weighted by Crippen LogP contribution is -1.97. The quantitative estimate of drug-likeness (QED) is 0.771. The number of aryl methyl sites for hydroxylation is 3. The van der Waals surface area contributed by atoms with Crippen LogP contribution in [0, 0.1) is 20.8 Å². The Hall–Kier alpha value is -2.13. The lowest BCUT2D eigenvalue weighted by atomic mass is 9.94. The molecule has 0 aliphatic heterocycles. The lowest BCUT2D eigenvalue weighted by molar-refractivity contribution is 0.281. The first-order valence-corrected chi connectivity index (χ1v) is 6.75. The maximum Gasteiger partial charge on any atom is 0.144 e. The summed E-state index contributed by atoms with van der Waals surface area (Å²) < 4.78 is 1.97. The van der Waals surface area contributed by atoms with Crippen LogP contribution in [0.25, 0.3) is 16.8 Å². The van der Waals surface area contributed by atoms with Gasteiger partial charge in [-0.25, -0.2) is 4.98 Å². The molecular weight excluding hydrogens is 248 g/mol. The van der Waals surface area contributed by atoms with Gasteiger partial charge in [-0.1, -0.05) is 17.7 Å². The van der Waals surface area contributed by atoms with Crippen LogP contribution >= 0.6 is 0 Å². The van der Waals surface area contributed by atoms with E-state index in [-0.39, 0.29) is 6.61 Å². The molecule has 0 radical (unpaired) electrons. The van der Waals surface area contributed by atoms with Crippen LogP contribution in [-0.2, 0) is 6.61 Å². The highest BCUT2D eigenvalue weighted by Gasteiger charge is 2.12. The van der Waals surface area contributed by atoms with E-state index < -0.39 is 0 Å². The molecule has 0 amide bonds. The van der Waals surface area contributed by atoms with Crippen LogP contribution in [0.4, 0.5) is 0 Å². The Bertz CT molecular complexity index is 764. The standard InChI is InChI=1S/C17H18N2O/c1-11-6-12(2)16(13(3)7-11)15-8-14(10-20)9-19-5-4-18-17(15)19/h4-9,20H,10H2,1-3H3. The maximum absolute atomic E-state index is 9.45. The van der Waals surface area contributed by atoms with E-state index in [0.29, 0.717) is 0 Å². The molecule has 0 atom stereocenters. The van der Waals surface area contributed by atoms with E-state index in [1.54, 1.807) is 6.20 Å². The fraction of sp³-hybridized carbons (Fsp3) is 0.235. The van der Waals surface area contributed by atoms with Crippen LogP contribution in [0.2, 0.25) is 0 Å². The molecule has 3 heteroatoms. The van der Waals surface area contributed by atoms with Crippen molar-refractivity contribution in [2.45, 2.75) is 27.4 Å². The molecule has 1 N–H and O–H groups in total. The summed E-state index contributed by atoms with van der Waals surface area (Å²) in [4.78, 5) is 4.46. The highest BCUT2D eigenvalue weighted by atomic mass is 16.3. The van der Waals surface area contributed by atoms with Crippen LogP contribution in [0.15, 0.2) is 36.8 Å². The smallest absolute Gasteiger partial charge is 0.144 e. The third-order valence-corrected chi connectivity index (χ3v) is 3.67. The molecule has 1 aromatic carbocycles. The number of hydrogen-bond donors (Lipinski definition) is 1. The molecule has 0 fully saturated rings. The number of hydrogen-bond acceptors (Lipinski definition) is 2. The van der Waals surface area contributed by atoms with Gasteiger partial charge >= 0.3 is 0 Å². The predicted octanol–water partition coefficient (Wildman–Crippen LogP) is 3.42. The van der Waals surface area contributed by atoms with E-state index >= 15 is 0 Å². The normalized spacial score (nSPS) is 11.2. The molecule has 0 unspecified atom stereocenters. The second-order valence-corrected chi connectivity index (χ2v) is 5.35. The summed E-state index contributed by atoms with van der Waals surface area (Å²) in [5, 5.41) is 9.45.